The molecule has 1 fully saturated rings. The summed E-state index contributed by atoms with van der Waals surface area (Å²) in [7, 11) is 0. The number of likely N-dealkylation sites (tertiary alicyclic amines) is 1. The Morgan fingerprint density at radius 3 is 2.50 bits per heavy atom. The summed E-state index contributed by atoms with van der Waals surface area (Å²) in [6.45, 7) is 6.45. The summed E-state index contributed by atoms with van der Waals surface area (Å²) in [6.07, 6.45) is 2.09. The molecule has 3 heteroatoms. The highest BCUT2D eigenvalue weighted by Crippen LogP contribution is 2.33. The van der Waals surface area contributed by atoms with Gasteiger partial charge in [0.15, 0.2) is 0 Å². The summed E-state index contributed by atoms with van der Waals surface area (Å²) in [5.41, 5.74) is 7.61. The summed E-state index contributed by atoms with van der Waals surface area (Å²) in [5.74, 6) is 0.0468. The van der Waals surface area contributed by atoms with Gasteiger partial charge in [0.05, 0.1) is 11.6 Å². The highest BCUT2D eigenvalue weighted by Gasteiger charge is 2.35. The van der Waals surface area contributed by atoms with Crippen LogP contribution in [-0.4, -0.2) is 22.9 Å². The molecule has 3 nitrogen and oxygen atoms in total. The molecule has 18 heavy (non-hydrogen) atoms. The number of carbonyl (C=O) groups is 1. The topological polar surface area (TPSA) is 46.3 Å². The van der Waals surface area contributed by atoms with Gasteiger partial charge in [-0.3, -0.25) is 4.79 Å². The number of nitrogens with zero attached hydrogens (tertiary/aromatic N) is 1. The second-order valence-corrected chi connectivity index (χ2v) is 5.79. The number of aryl methyl sites for hydroxylation is 1. The van der Waals surface area contributed by atoms with E-state index in [-0.39, 0.29) is 11.9 Å². The van der Waals surface area contributed by atoms with Gasteiger partial charge in [0.25, 0.3) is 0 Å². The number of amides is 1. The number of hydrogen-bond donors (Lipinski definition) is 1. The Bertz CT molecular complexity index is 431. The number of rotatable bonds is 2. The minimum absolute atomic E-state index is 0.0468. The van der Waals surface area contributed by atoms with Crippen LogP contribution in [0.5, 0.6) is 0 Å². The molecule has 0 aliphatic carbocycles. The first-order chi connectivity index (χ1) is 8.39. The molecule has 2 N–H and O–H groups in total. The van der Waals surface area contributed by atoms with E-state index >= 15 is 0 Å². The highest BCUT2D eigenvalue weighted by atomic mass is 16.2. The molecule has 0 aromatic heterocycles. The predicted octanol–water partition coefficient (Wildman–Crippen LogP) is 2.40. The molecule has 1 saturated heterocycles. The van der Waals surface area contributed by atoms with E-state index in [4.69, 9.17) is 5.73 Å². The van der Waals surface area contributed by atoms with Crippen molar-refractivity contribution in [2.24, 2.45) is 5.73 Å². The van der Waals surface area contributed by atoms with E-state index in [2.05, 4.69) is 31.2 Å². The molecule has 1 amide bonds. The summed E-state index contributed by atoms with van der Waals surface area (Å²) in [6, 6.07) is 8.64. The van der Waals surface area contributed by atoms with E-state index in [0.29, 0.717) is 0 Å². The molecule has 1 atom stereocenters. The lowest BCUT2D eigenvalue weighted by Crippen LogP contribution is -2.50. The van der Waals surface area contributed by atoms with Gasteiger partial charge in [-0.2, -0.15) is 0 Å². The SMILES string of the molecule is Cc1ccc(C2CCCN2C(=O)C(C)(C)N)cc1. The average Bonchev–Trinajstić information content (AvgIpc) is 2.76. The first-order valence-electron chi connectivity index (χ1n) is 6.56. The zero-order valence-electron chi connectivity index (χ0n) is 11.4. The Morgan fingerprint density at radius 2 is 1.94 bits per heavy atom. The monoisotopic (exact) mass is 246 g/mol. The lowest BCUT2D eigenvalue weighted by molar-refractivity contribution is -0.136. The van der Waals surface area contributed by atoms with Gasteiger partial charge in [-0.15, -0.1) is 0 Å². The summed E-state index contributed by atoms with van der Waals surface area (Å²) in [4.78, 5) is 14.3. The van der Waals surface area contributed by atoms with E-state index < -0.39 is 5.54 Å². The fraction of sp³-hybridized carbons (Fsp3) is 0.533. The molecular formula is C15H22N2O. The molecule has 1 heterocycles. The Morgan fingerprint density at radius 1 is 1.33 bits per heavy atom. The first-order valence-corrected chi connectivity index (χ1v) is 6.56. The van der Waals surface area contributed by atoms with Crippen molar-refractivity contribution in [2.75, 3.05) is 6.54 Å². The molecule has 2 rings (SSSR count). The predicted molar refractivity (Wildman–Crippen MR) is 73.1 cm³/mol. The standard InChI is InChI=1S/C15H22N2O/c1-11-6-8-12(9-7-11)13-5-4-10-17(13)14(18)15(2,3)16/h6-9,13H,4-5,10,16H2,1-3H3. The minimum atomic E-state index is -0.784. The second kappa shape index (κ2) is 4.73. The maximum atomic E-state index is 12.3. The maximum absolute atomic E-state index is 12.3. The molecule has 98 valence electrons. The van der Waals surface area contributed by atoms with Crippen molar-refractivity contribution in [3.05, 3.63) is 35.4 Å². The normalized spacial score (nSPS) is 20.2. The lowest BCUT2D eigenvalue weighted by Gasteiger charge is -2.31. The number of carbonyl (C=O) groups excluding carboxylic acids is 1. The van der Waals surface area contributed by atoms with Crippen LogP contribution in [0, 0.1) is 6.92 Å². The average molecular weight is 246 g/mol. The van der Waals surface area contributed by atoms with Gasteiger partial charge in [0, 0.05) is 6.54 Å². The fourth-order valence-corrected chi connectivity index (χ4v) is 2.52. The quantitative estimate of drug-likeness (QED) is 0.871. The zero-order valence-corrected chi connectivity index (χ0v) is 11.4. The summed E-state index contributed by atoms with van der Waals surface area (Å²) in [5, 5.41) is 0. The third kappa shape index (κ3) is 2.56. The molecule has 1 aromatic carbocycles. The van der Waals surface area contributed by atoms with E-state index in [1.807, 2.05) is 4.90 Å². The van der Waals surface area contributed by atoms with Crippen molar-refractivity contribution in [3.63, 3.8) is 0 Å². The Kier molecular flexibility index (Phi) is 3.44. The third-order valence-electron chi connectivity index (χ3n) is 3.53. The molecule has 1 aliphatic heterocycles. The van der Waals surface area contributed by atoms with Crippen LogP contribution >= 0.6 is 0 Å². The van der Waals surface area contributed by atoms with Gasteiger partial charge in [0.1, 0.15) is 0 Å². The van der Waals surface area contributed by atoms with Gasteiger partial charge in [0.2, 0.25) is 5.91 Å². The van der Waals surface area contributed by atoms with Crippen LogP contribution in [0.1, 0.15) is 43.9 Å². The zero-order chi connectivity index (χ0) is 13.3. The fourth-order valence-electron chi connectivity index (χ4n) is 2.52. The summed E-state index contributed by atoms with van der Waals surface area (Å²) < 4.78 is 0. The van der Waals surface area contributed by atoms with Crippen molar-refractivity contribution >= 4 is 5.91 Å². The molecule has 1 aromatic rings. The van der Waals surface area contributed by atoms with E-state index in [0.717, 1.165) is 19.4 Å². The largest absolute Gasteiger partial charge is 0.334 e. The highest BCUT2D eigenvalue weighted by molar-refractivity contribution is 5.85. The van der Waals surface area contributed by atoms with Gasteiger partial charge in [-0.25, -0.2) is 0 Å². The van der Waals surface area contributed by atoms with Gasteiger partial charge < -0.3 is 10.6 Å². The minimum Gasteiger partial charge on any atom is -0.334 e. The smallest absolute Gasteiger partial charge is 0.242 e. The second-order valence-electron chi connectivity index (χ2n) is 5.79. The van der Waals surface area contributed by atoms with Crippen molar-refractivity contribution in [1.82, 2.24) is 4.90 Å². The lowest BCUT2D eigenvalue weighted by atomic mass is 10.0. The molecule has 1 unspecified atom stereocenters. The van der Waals surface area contributed by atoms with E-state index in [1.54, 1.807) is 13.8 Å². The van der Waals surface area contributed by atoms with Gasteiger partial charge >= 0.3 is 0 Å². The molecule has 0 spiro atoms. The summed E-state index contributed by atoms with van der Waals surface area (Å²) >= 11 is 0. The van der Waals surface area contributed by atoms with Crippen molar-refractivity contribution in [3.8, 4) is 0 Å². The van der Waals surface area contributed by atoms with Crippen LogP contribution in [-0.2, 0) is 4.79 Å². The Labute approximate surface area is 109 Å². The number of hydrogen-bond acceptors (Lipinski definition) is 2. The van der Waals surface area contributed by atoms with Crippen LogP contribution < -0.4 is 5.73 Å². The maximum Gasteiger partial charge on any atom is 0.242 e. The van der Waals surface area contributed by atoms with Crippen molar-refractivity contribution in [1.29, 1.82) is 0 Å². The molecule has 1 aliphatic rings. The number of benzene rings is 1. The molecular weight excluding hydrogens is 224 g/mol. The van der Waals surface area contributed by atoms with E-state index in [9.17, 15) is 4.79 Å². The first kappa shape index (κ1) is 13.1. The third-order valence-corrected chi connectivity index (χ3v) is 3.53. The molecule has 0 radical (unpaired) electrons. The number of nitrogens with two attached hydrogens (primary N) is 1. The molecule has 0 bridgehead atoms. The van der Waals surface area contributed by atoms with Crippen LogP contribution in [0.15, 0.2) is 24.3 Å². The van der Waals surface area contributed by atoms with Crippen LogP contribution in [0.3, 0.4) is 0 Å². The van der Waals surface area contributed by atoms with Crippen molar-refractivity contribution in [2.45, 2.75) is 45.2 Å². The molecule has 0 saturated carbocycles. The van der Waals surface area contributed by atoms with E-state index in [1.165, 1.54) is 11.1 Å². The Hall–Kier alpha value is -1.35. The van der Waals surface area contributed by atoms with Crippen LogP contribution in [0.25, 0.3) is 0 Å². The van der Waals surface area contributed by atoms with Gasteiger partial charge in [-0.1, -0.05) is 29.8 Å². The van der Waals surface area contributed by atoms with Gasteiger partial charge in [-0.05, 0) is 39.2 Å². The van der Waals surface area contributed by atoms with Crippen LogP contribution in [0.2, 0.25) is 0 Å². The van der Waals surface area contributed by atoms with Crippen molar-refractivity contribution < 1.29 is 4.79 Å². The Balaban J connectivity index is 2.22. The van der Waals surface area contributed by atoms with Crippen LogP contribution in [0.4, 0.5) is 0 Å².